The molecular formula is C19H29F3N4O. The maximum Gasteiger partial charge on any atom is 0.435 e. The number of aromatic nitrogens is 2. The topological polar surface area (TPSA) is 50.2 Å². The lowest BCUT2D eigenvalue weighted by Crippen LogP contribution is -2.39. The first-order chi connectivity index (χ1) is 12.7. The first-order valence-corrected chi connectivity index (χ1v) is 9.89. The number of carbonyl (C=O) groups excluding carboxylic acids is 1. The predicted octanol–water partition coefficient (Wildman–Crippen LogP) is 3.93. The van der Waals surface area contributed by atoms with Crippen LogP contribution in [0.25, 0.3) is 0 Å². The van der Waals surface area contributed by atoms with E-state index in [2.05, 4.69) is 29.2 Å². The fraction of sp³-hybridized carbons (Fsp3) is 0.789. The number of halogens is 3. The fourth-order valence-corrected chi connectivity index (χ4v) is 4.32. The molecule has 0 bridgehead atoms. The quantitative estimate of drug-likeness (QED) is 0.853. The summed E-state index contributed by atoms with van der Waals surface area (Å²) in [5.41, 5.74) is -1.04. The minimum absolute atomic E-state index is 0.0318. The van der Waals surface area contributed by atoms with E-state index < -0.39 is 17.8 Å². The van der Waals surface area contributed by atoms with Crippen molar-refractivity contribution in [3.63, 3.8) is 0 Å². The van der Waals surface area contributed by atoms with Gasteiger partial charge in [0.15, 0.2) is 5.69 Å². The van der Waals surface area contributed by atoms with Crippen LogP contribution in [0.5, 0.6) is 0 Å². The van der Waals surface area contributed by atoms with Crippen molar-refractivity contribution in [2.24, 2.45) is 0 Å². The Labute approximate surface area is 158 Å². The van der Waals surface area contributed by atoms with Gasteiger partial charge in [-0.1, -0.05) is 12.8 Å². The highest BCUT2D eigenvalue weighted by Crippen LogP contribution is 2.35. The molecule has 1 aromatic heterocycles. The number of alkyl halides is 3. The molecule has 1 amide bonds. The number of nitrogens with zero attached hydrogens (tertiary/aromatic N) is 3. The van der Waals surface area contributed by atoms with Gasteiger partial charge in [-0.05, 0) is 46.5 Å². The maximum absolute atomic E-state index is 13.6. The van der Waals surface area contributed by atoms with Crippen LogP contribution < -0.4 is 5.32 Å². The van der Waals surface area contributed by atoms with Crippen LogP contribution in [0, 0.1) is 6.92 Å². The molecule has 27 heavy (non-hydrogen) atoms. The van der Waals surface area contributed by atoms with Gasteiger partial charge in [-0.25, -0.2) is 0 Å². The first kappa shape index (κ1) is 20.2. The Bertz CT molecular complexity index is 669. The van der Waals surface area contributed by atoms with E-state index in [1.165, 1.54) is 4.68 Å². The van der Waals surface area contributed by atoms with Crippen LogP contribution in [0.4, 0.5) is 13.2 Å². The van der Waals surface area contributed by atoms with Gasteiger partial charge >= 0.3 is 6.18 Å². The van der Waals surface area contributed by atoms with E-state index in [4.69, 9.17) is 0 Å². The van der Waals surface area contributed by atoms with Gasteiger partial charge in [0.25, 0.3) is 5.91 Å². The number of carbonyl (C=O) groups is 1. The number of likely N-dealkylation sites (tertiary alicyclic amines) is 1. The molecule has 152 valence electrons. The molecule has 2 aliphatic rings. The SMILES string of the molecule is Cc1c(C(=O)NC2CCCC2)c(C(F)(F)F)nn1C1CCN(C(C)C)CC1. The Morgan fingerprint density at radius 3 is 2.26 bits per heavy atom. The highest BCUT2D eigenvalue weighted by Gasteiger charge is 2.42. The zero-order chi connectivity index (χ0) is 19.8. The molecule has 1 aliphatic heterocycles. The van der Waals surface area contributed by atoms with Crippen LogP contribution in [-0.4, -0.2) is 45.8 Å². The third kappa shape index (κ3) is 4.31. The minimum Gasteiger partial charge on any atom is -0.349 e. The molecule has 1 aromatic rings. The second-order valence-corrected chi connectivity index (χ2v) is 8.07. The van der Waals surface area contributed by atoms with Gasteiger partial charge in [0.05, 0.1) is 11.6 Å². The van der Waals surface area contributed by atoms with Gasteiger partial charge < -0.3 is 10.2 Å². The number of hydrogen-bond acceptors (Lipinski definition) is 3. The van der Waals surface area contributed by atoms with Crippen molar-refractivity contribution < 1.29 is 18.0 Å². The molecule has 1 N–H and O–H groups in total. The smallest absolute Gasteiger partial charge is 0.349 e. The molecule has 2 heterocycles. The van der Waals surface area contributed by atoms with Crippen LogP contribution in [0.2, 0.25) is 0 Å². The van der Waals surface area contributed by atoms with Crippen LogP contribution in [0.1, 0.15) is 80.2 Å². The summed E-state index contributed by atoms with van der Waals surface area (Å²) in [4.78, 5) is 15.0. The first-order valence-electron chi connectivity index (χ1n) is 9.89. The molecule has 0 spiro atoms. The molecular weight excluding hydrogens is 357 g/mol. The van der Waals surface area contributed by atoms with Crippen molar-refractivity contribution in [1.82, 2.24) is 20.0 Å². The Hall–Kier alpha value is -1.57. The molecule has 0 unspecified atom stereocenters. The average molecular weight is 386 g/mol. The third-order valence-electron chi connectivity index (χ3n) is 5.91. The number of piperidine rings is 1. The second-order valence-electron chi connectivity index (χ2n) is 8.07. The van der Waals surface area contributed by atoms with Gasteiger partial charge in [0.2, 0.25) is 0 Å². The Morgan fingerprint density at radius 1 is 1.15 bits per heavy atom. The predicted molar refractivity (Wildman–Crippen MR) is 96.7 cm³/mol. The molecule has 1 aliphatic carbocycles. The monoisotopic (exact) mass is 386 g/mol. The molecule has 8 heteroatoms. The lowest BCUT2D eigenvalue weighted by Gasteiger charge is -2.35. The van der Waals surface area contributed by atoms with Gasteiger partial charge in [0, 0.05) is 30.9 Å². The van der Waals surface area contributed by atoms with Crippen molar-refractivity contribution in [2.75, 3.05) is 13.1 Å². The van der Waals surface area contributed by atoms with Gasteiger partial charge in [-0.3, -0.25) is 9.48 Å². The van der Waals surface area contributed by atoms with E-state index in [0.717, 1.165) is 51.6 Å². The zero-order valence-electron chi connectivity index (χ0n) is 16.3. The molecule has 0 radical (unpaired) electrons. The van der Waals surface area contributed by atoms with E-state index in [0.29, 0.717) is 11.7 Å². The van der Waals surface area contributed by atoms with Crippen LogP contribution in [0.15, 0.2) is 0 Å². The normalized spacial score (nSPS) is 20.6. The minimum atomic E-state index is -4.64. The van der Waals surface area contributed by atoms with E-state index in [-0.39, 0.29) is 17.6 Å². The molecule has 5 nitrogen and oxygen atoms in total. The second kappa shape index (κ2) is 7.81. The summed E-state index contributed by atoms with van der Waals surface area (Å²) in [6.07, 6.45) is 0.496. The van der Waals surface area contributed by atoms with Crippen molar-refractivity contribution >= 4 is 5.91 Å². The summed E-state index contributed by atoms with van der Waals surface area (Å²) < 4.78 is 42.2. The molecule has 0 atom stereocenters. The molecule has 0 aromatic carbocycles. The van der Waals surface area contributed by atoms with Crippen molar-refractivity contribution in [1.29, 1.82) is 0 Å². The van der Waals surface area contributed by atoms with Gasteiger partial charge in [-0.2, -0.15) is 18.3 Å². The standard InChI is InChI=1S/C19H29F3N4O/c1-12(2)25-10-8-15(9-11-25)26-13(3)16(17(24-26)19(20,21)22)18(27)23-14-6-4-5-7-14/h12,14-15H,4-11H2,1-3H3,(H,23,27). The van der Waals surface area contributed by atoms with Crippen LogP contribution in [-0.2, 0) is 6.18 Å². The highest BCUT2D eigenvalue weighted by molar-refractivity contribution is 5.96. The lowest BCUT2D eigenvalue weighted by atomic mass is 10.0. The van der Waals surface area contributed by atoms with Crippen LogP contribution in [0.3, 0.4) is 0 Å². The lowest BCUT2D eigenvalue weighted by molar-refractivity contribution is -0.142. The van der Waals surface area contributed by atoms with Crippen molar-refractivity contribution in [3.8, 4) is 0 Å². The third-order valence-corrected chi connectivity index (χ3v) is 5.91. The largest absolute Gasteiger partial charge is 0.435 e. The Kier molecular flexibility index (Phi) is 5.84. The summed E-state index contributed by atoms with van der Waals surface area (Å²) in [6, 6.07) is 0.285. The number of rotatable bonds is 4. The summed E-state index contributed by atoms with van der Waals surface area (Å²) in [6.45, 7) is 7.47. The molecule has 2 fully saturated rings. The van der Waals surface area contributed by atoms with E-state index in [1.807, 2.05) is 0 Å². The molecule has 3 rings (SSSR count). The Morgan fingerprint density at radius 2 is 1.74 bits per heavy atom. The van der Waals surface area contributed by atoms with Crippen molar-refractivity contribution in [2.45, 2.75) is 83.6 Å². The maximum atomic E-state index is 13.6. The number of amides is 1. The summed E-state index contributed by atoms with van der Waals surface area (Å²) in [7, 11) is 0. The molecule has 1 saturated carbocycles. The summed E-state index contributed by atoms with van der Waals surface area (Å²) in [5, 5.41) is 6.67. The highest BCUT2D eigenvalue weighted by atomic mass is 19.4. The summed E-state index contributed by atoms with van der Waals surface area (Å²) in [5.74, 6) is -0.641. The fourth-order valence-electron chi connectivity index (χ4n) is 4.32. The van der Waals surface area contributed by atoms with E-state index >= 15 is 0 Å². The average Bonchev–Trinajstić information content (AvgIpc) is 3.22. The van der Waals surface area contributed by atoms with Crippen LogP contribution >= 0.6 is 0 Å². The Balaban J connectivity index is 1.85. The van der Waals surface area contributed by atoms with E-state index in [1.54, 1.807) is 6.92 Å². The molecule has 1 saturated heterocycles. The number of hydrogen-bond donors (Lipinski definition) is 1. The summed E-state index contributed by atoms with van der Waals surface area (Å²) >= 11 is 0. The van der Waals surface area contributed by atoms with Crippen molar-refractivity contribution in [3.05, 3.63) is 17.0 Å². The van der Waals surface area contributed by atoms with E-state index in [9.17, 15) is 18.0 Å². The van der Waals surface area contributed by atoms with Gasteiger partial charge in [0.1, 0.15) is 0 Å². The van der Waals surface area contributed by atoms with Gasteiger partial charge in [-0.15, -0.1) is 0 Å². The zero-order valence-corrected chi connectivity index (χ0v) is 16.3. The number of nitrogens with one attached hydrogen (secondary N) is 1.